The molecule has 1 aromatic carbocycles. The summed E-state index contributed by atoms with van der Waals surface area (Å²) in [6, 6.07) is 5.83. The van der Waals surface area contributed by atoms with Gasteiger partial charge in [-0.25, -0.2) is 0 Å². The van der Waals surface area contributed by atoms with Crippen LogP contribution >= 0.6 is 0 Å². The summed E-state index contributed by atoms with van der Waals surface area (Å²) in [4.78, 5) is 18.5. The number of anilines is 1. The average molecular weight is 370 g/mol. The van der Waals surface area contributed by atoms with Crippen molar-refractivity contribution in [3.8, 4) is 0 Å². The van der Waals surface area contributed by atoms with E-state index in [1.54, 1.807) is 6.08 Å². The van der Waals surface area contributed by atoms with Crippen LogP contribution in [0.1, 0.15) is 24.5 Å². The molecule has 0 radical (unpaired) electrons. The third-order valence-electron chi connectivity index (χ3n) is 4.49. The Morgan fingerprint density at radius 2 is 2.11 bits per heavy atom. The lowest BCUT2D eigenvalue weighted by Crippen LogP contribution is -2.42. The fourth-order valence-corrected chi connectivity index (χ4v) is 2.76. The van der Waals surface area contributed by atoms with Crippen LogP contribution in [0.25, 0.3) is 0 Å². The van der Waals surface area contributed by atoms with Crippen molar-refractivity contribution in [3.63, 3.8) is 0 Å². The summed E-state index contributed by atoms with van der Waals surface area (Å²) >= 11 is 0. The van der Waals surface area contributed by atoms with Gasteiger partial charge in [0.2, 0.25) is 5.91 Å². The highest BCUT2D eigenvalue weighted by molar-refractivity contribution is 5.98. The summed E-state index contributed by atoms with van der Waals surface area (Å²) in [5.41, 5.74) is 8.99. The van der Waals surface area contributed by atoms with Crippen LogP contribution in [0.15, 0.2) is 48.6 Å². The molecule has 146 valence electrons. The molecule has 6 nitrogen and oxygen atoms in total. The molecule has 0 aliphatic rings. The van der Waals surface area contributed by atoms with Crippen LogP contribution < -0.4 is 11.1 Å². The zero-order chi connectivity index (χ0) is 20.4. The highest BCUT2D eigenvalue weighted by Crippen LogP contribution is 2.15. The second kappa shape index (κ2) is 11.1. The molecule has 1 amide bonds. The van der Waals surface area contributed by atoms with Gasteiger partial charge in [0.05, 0.1) is 0 Å². The molecular formula is C21H31N5O. The molecule has 1 aromatic rings. The van der Waals surface area contributed by atoms with E-state index in [0.29, 0.717) is 24.2 Å². The average Bonchev–Trinajstić information content (AvgIpc) is 2.63. The summed E-state index contributed by atoms with van der Waals surface area (Å²) in [6.45, 7) is 9.79. The smallest absolute Gasteiger partial charge is 0.220 e. The Morgan fingerprint density at radius 1 is 1.41 bits per heavy atom. The van der Waals surface area contributed by atoms with Crippen LogP contribution in [0.2, 0.25) is 0 Å². The molecule has 0 fully saturated rings. The molecule has 0 saturated heterocycles. The lowest BCUT2D eigenvalue weighted by Gasteiger charge is -2.25. The molecule has 4 N–H and O–H groups in total. The topological polar surface area (TPSA) is 94.6 Å². The second-order valence-electron chi connectivity index (χ2n) is 6.78. The maximum Gasteiger partial charge on any atom is 0.220 e. The van der Waals surface area contributed by atoms with Gasteiger partial charge in [0.25, 0.3) is 0 Å². The van der Waals surface area contributed by atoms with Crippen molar-refractivity contribution < 1.29 is 4.79 Å². The van der Waals surface area contributed by atoms with Gasteiger partial charge >= 0.3 is 0 Å². The van der Waals surface area contributed by atoms with Gasteiger partial charge in [0, 0.05) is 54.3 Å². The molecular weight excluding hydrogens is 338 g/mol. The van der Waals surface area contributed by atoms with Gasteiger partial charge in [-0.05, 0) is 44.3 Å². The van der Waals surface area contributed by atoms with Crippen molar-refractivity contribution in [2.24, 2.45) is 10.9 Å². The van der Waals surface area contributed by atoms with Gasteiger partial charge in [0.15, 0.2) is 0 Å². The SMILES string of the molecule is C=CN=C(C=C)[C@@H](C)CC(=O)NC[C@H](Cc1ccc(N)c(C=N)c1)N(C)C. The lowest BCUT2D eigenvalue weighted by molar-refractivity contribution is -0.121. The van der Waals surface area contributed by atoms with E-state index in [1.807, 2.05) is 39.2 Å². The van der Waals surface area contributed by atoms with E-state index in [9.17, 15) is 4.79 Å². The van der Waals surface area contributed by atoms with Gasteiger partial charge in [-0.2, -0.15) is 0 Å². The Balaban J connectivity index is 2.69. The number of aliphatic imine (C=N–C) groups is 1. The molecule has 0 aliphatic heterocycles. The Labute approximate surface area is 162 Å². The molecule has 0 saturated carbocycles. The largest absolute Gasteiger partial charge is 0.398 e. The van der Waals surface area contributed by atoms with Gasteiger partial charge in [-0.15, -0.1) is 0 Å². The number of amides is 1. The minimum absolute atomic E-state index is 0.0226. The quantitative estimate of drug-likeness (QED) is 0.413. The van der Waals surface area contributed by atoms with Crippen molar-refractivity contribution in [2.75, 3.05) is 26.4 Å². The minimum atomic E-state index is -0.0227. The van der Waals surface area contributed by atoms with Gasteiger partial charge in [0.1, 0.15) is 0 Å². The first-order valence-corrected chi connectivity index (χ1v) is 8.95. The van der Waals surface area contributed by atoms with Crippen LogP contribution in [0.4, 0.5) is 5.69 Å². The first kappa shape index (κ1) is 22.3. The van der Waals surface area contributed by atoms with Gasteiger partial charge in [-0.3, -0.25) is 9.79 Å². The monoisotopic (exact) mass is 369 g/mol. The fourth-order valence-electron chi connectivity index (χ4n) is 2.76. The fraction of sp³-hybridized carbons (Fsp3) is 0.381. The zero-order valence-electron chi connectivity index (χ0n) is 16.5. The number of hydrogen-bond acceptors (Lipinski definition) is 5. The summed E-state index contributed by atoms with van der Waals surface area (Å²) in [7, 11) is 3.97. The molecule has 1 rings (SSSR count). The number of nitrogens with one attached hydrogen (secondary N) is 2. The lowest BCUT2D eigenvalue weighted by atomic mass is 10.00. The van der Waals surface area contributed by atoms with Gasteiger partial charge < -0.3 is 21.4 Å². The zero-order valence-corrected chi connectivity index (χ0v) is 16.5. The van der Waals surface area contributed by atoms with Crippen molar-refractivity contribution in [1.29, 1.82) is 5.41 Å². The summed E-state index contributed by atoms with van der Waals surface area (Å²) in [6.07, 6.45) is 5.47. The normalized spacial score (nSPS) is 13.7. The number of hydrogen-bond donors (Lipinski definition) is 3. The molecule has 0 aromatic heterocycles. The maximum atomic E-state index is 12.3. The van der Waals surface area contributed by atoms with E-state index in [4.69, 9.17) is 11.1 Å². The van der Waals surface area contributed by atoms with E-state index in [2.05, 4.69) is 28.4 Å². The number of allylic oxidation sites excluding steroid dienone is 1. The van der Waals surface area contributed by atoms with E-state index in [1.165, 1.54) is 12.4 Å². The summed E-state index contributed by atoms with van der Waals surface area (Å²) in [5.74, 6) is -0.0454. The molecule has 27 heavy (non-hydrogen) atoms. The number of carbonyl (C=O) groups is 1. The Hall–Kier alpha value is -2.73. The van der Waals surface area contributed by atoms with E-state index < -0.39 is 0 Å². The molecule has 6 heteroatoms. The van der Waals surface area contributed by atoms with E-state index in [0.717, 1.165) is 17.7 Å². The number of benzene rings is 1. The van der Waals surface area contributed by atoms with Crippen LogP contribution in [0, 0.1) is 11.3 Å². The van der Waals surface area contributed by atoms with Crippen LogP contribution in [0.3, 0.4) is 0 Å². The molecule has 0 unspecified atom stereocenters. The number of nitrogens with two attached hydrogens (primary N) is 1. The highest BCUT2D eigenvalue weighted by Gasteiger charge is 2.17. The number of carbonyl (C=O) groups excluding carboxylic acids is 1. The first-order chi connectivity index (χ1) is 12.8. The highest BCUT2D eigenvalue weighted by atomic mass is 16.1. The van der Waals surface area contributed by atoms with Gasteiger partial charge in [-0.1, -0.05) is 26.1 Å². The van der Waals surface area contributed by atoms with E-state index in [-0.39, 0.29) is 17.9 Å². The number of nitrogen functional groups attached to an aromatic ring is 1. The van der Waals surface area contributed by atoms with Crippen LogP contribution in [0.5, 0.6) is 0 Å². The predicted octanol–water partition coefficient (Wildman–Crippen LogP) is 2.65. The molecule has 0 aliphatic carbocycles. The van der Waals surface area contributed by atoms with Crippen LogP contribution in [-0.2, 0) is 11.2 Å². The summed E-state index contributed by atoms with van der Waals surface area (Å²) < 4.78 is 0. The van der Waals surface area contributed by atoms with Crippen molar-refractivity contribution in [3.05, 3.63) is 54.8 Å². The standard InChI is InChI=1S/C21H31N5O/c1-6-20(24-7-2)15(3)10-21(27)25-14-18(26(4)5)12-16-8-9-19(23)17(11-16)13-22/h6-9,11,13,15,18,22H,1-2,10,12,14,23H2,3-5H3,(H,25,27)/t15-,18-/m0/s1. The Morgan fingerprint density at radius 3 is 2.67 bits per heavy atom. The maximum absolute atomic E-state index is 12.3. The van der Waals surface area contributed by atoms with E-state index >= 15 is 0 Å². The molecule has 2 atom stereocenters. The second-order valence-corrected chi connectivity index (χ2v) is 6.78. The number of nitrogens with zero attached hydrogens (tertiary/aromatic N) is 2. The first-order valence-electron chi connectivity index (χ1n) is 8.95. The number of rotatable bonds is 11. The molecule has 0 spiro atoms. The third kappa shape index (κ3) is 7.19. The molecule has 0 bridgehead atoms. The van der Waals surface area contributed by atoms with Crippen LogP contribution in [-0.4, -0.2) is 49.4 Å². The third-order valence-corrected chi connectivity index (χ3v) is 4.49. The Kier molecular flexibility index (Phi) is 9.16. The summed E-state index contributed by atoms with van der Waals surface area (Å²) in [5, 5.41) is 10.4. The Bertz CT molecular complexity index is 709. The van der Waals surface area contributed by atoms with Crippen molar-refractivity contribution in [2.45, 2.75) is 25.8 Å². The number of likely N-dealkylation sites (N-methyl/N-ethyl adjacent to an activating group) is 1. The van der Waals surface area contributed by atoms with Crippen molar-refractivity contribution >= 4 is 23.5 Å². The van der Waals surface area contributed by atoms with Crippen molar-refractivity contribution in [1.82, 2.24) is 10.2 Å². The molecule has 0 heterocycles. The predicted molar refractivity (Wildman–Crippen MR) is 115 cm³/mol. The minimum Gasteiger partial charge on any atom is -0.398 e.